The molecule has 0 unspecified atom stereocenters. The summed E-state index contributed by atoms with van der Waals surface area (Å²) in [4.78, 5) is 0. The first-order valence-corrected chi connectivity index (χ1v) is 5.31. The summed E-state index contributed by atoms with van der Waals surface area (Å²) in [5, 5.41) is 2.46. The minimum Gasteiger partial charge on any atom is -0.346 e. The highest BCUT2D eigenvalue weighted by molar-refractivity contribution is 5.15. The number of benzene rings is 1. The highest BCUT2D eigenvalue weighted by atomic mass is 14.9. The van der Waals surface area contributed by atoms with Gasteiger partial charge in [-0.2, -0.15) is 0 Å². The minimum atomic E-state index is 0.913. The smallest absolute Gasteiger partial charge is 0.0787 e. The molecule has 1 heterocycles. The fourth-order valence-corrected chi connectivity index (χ4v) is 2.16. The van der Waals surface area contributed by atoms with E-state index in [4.69, 9.17) is 0 Å². The van der Waals surface area contributed by atoms with Gasteiger partial charge in [-0.15, -0.1) is 0 Å². The van der Waals surface area contributed by atoms with Crippen LogP contribution in [-0.2, 0) is 6.42 Å². The van der Waals surface area contributed by atoms with Crippen LogP contribution in [0.2, 0.25) is 0 Å². The lowest BCUT2D eigenvalue weighted by Crippen LogP contribution is -2.87. The van der Waals surface area contributed by atoms with Gasteiger partial charge in [-0.25, -0.2) is 0 Å². The van der Waals surface area contributed by atoms with Crippen molar-refractivity contribution in [3.8, 4) is 0 Å². The van der Waals surface area contributed by atoms with Crippen LogP contribution in [0.4, 0.5) is 0 Å². The van der Waals surface area contributed by atoms with Crippen molar-refractivity contribution in [3.05, 3.63) is 35.9 Å². The van der Waals surface area contributed by atoms with Crippen LogP contribution in [0.15, 0.2) is 30.3 Å². The number of hydrogen-bond acceptors (Lipinski definition) is 0. The van der Waals surface area contributed by atoms with E-state index in [1.807, 2.05) is 0 Å². The van der Waals surface area contributed by atoms with Crippen molar-refractivity contribution in [2.75, 3.05) is 13.1 Å². The maximum atomic E-state index is 2.46. The Morgan fingerprint density at radius 1 is 1.23 bits per heavy atom. The van der Waals surface area contributed by atoms with Crippen LogP contribution < -0.4 is 5.32 Å². The van der Waals surface area contributed by atoms with E-state index >= 15 is 0 Å². The molecule has 0 spiro atoms. The molecule has 1 aliphatic heterocycles. The Bertz CT molecular complexity index is 237. The summed E-state index contributed by atoms with van der Waals surface area (Å²) in [7, 11) is 0. The molecule has 1 heteroatoms. The van der Waals surface area contributed by atoms with Gasteiger partial charge in [-0.1, -0.05) is 30.3 Å². The molecule has 1 fully saturated rings. The number of hydrogen-bond donors (Lipinski definition) is 1. The van der Waals surface area contributed by atoms with Gasteiger partial charge in [-0.05, 0) is 24.8 Å². The molecular formula is C12H18N+. The molecule has 2 N–H and O–H groups in total. The second-order valence-electron chi connectivity index (χ2n) is 4.01. The minimum absolute atomic E-state index is 0.913. The highest BCUT2D eigenvalue weighted by Gasteiger charge is 2.15. The number of rotatable bonds is 2. The molecule has 1 atom stereocenters. The number of piperidine rings is 1. The summed E-state index contributed by atoms with van der Waals surface area (Å²) >= 11 is 0. The third-order valence-corrected chi connectivity index (χ3v) is 2.89. The van der Waals surface area contributed by atoms with Gasteiger partial charge in [-0.3, -0.25) is 0 Å². The van der Waals surface area contributed by atoms with Crippen molar-refractivity contribution in [1.29, 1.82) is 0 Å². The predicted octanol–water partition coefficient (Wildman–Crippen LogP) is 1.20. The molecule has 70 valence electrons. The molecular weight excluding hydrogens is 158 g/mol. The number of nitrogens with two attached hydrogens (primary N) is 1. The third-order valence-electron chi connectivity index (χ3n) is 2.89. The molecule has 2 rings (SSSR count). The first-order chi connectivity index (χ1) is 6.45. The van der Waals surface area contributed by atoms with Gasteiger partial charge in [0.25, 0.3) is 0 Å². The Labute approximate surface area is 80.2 Å². The van der Waals surface area contributed by atoms with Gasteiger partial charge in [0, 0.05) is 5.92 Å². The van der Waals surface area contributed by atoms with Crippen molar-refractivity contribution < 1.29 is 5.32 Å². The van der Waals surface area contributed by atoms with Gasteiger partial charge in [0.1, 0.15) is 0 Å². The molecule has 0 aliphatic carbocycles. The van der Waals surface area contributed by atoms with Crippen molar-refractivity contribution >= 4 is 0 Å². The van der Waals surface area contributed by atoms with Crippen LogP contribution in [0, 0.1) is 5.92 Å². The van der Waals surface area contributed by atoms with Crippen LogP contribution in [-0.4, -0.2) is 13.1 Å². The lowest BCUT2D eigenvalue weighted by molar-refractivity contribution is -0.668. The van der Waals surface area contributed by atoms with E-state index in [2.05, 4.69) is 35.6 Å². The van der Waals surface area contributed by atoms with Crippen LogP contribution in [0.3, 0.4) is 0 Å². The largest absolute Gasteiger partial charge is 0.346 e. The molecule has 1 aliphatic rings. The number of quaternary nitrogens is 1. The quantitative estimate of drug-likeness (QED) is 0.697. The van der Waals surface area contributed by atoms with E-state index in [9.17, 15) is 0 Å². The zero-order valence-corrected chi connectivity index (χ0v) is 8.08. The molecule has 0 saturated carbocycles. The van der Waals surface area contributed by atoms with Crippen LogP contribution >= 0.6 is 0 Å². The zero-order valence-electron chi connectivity index (χ0n) is 8.08. The van der Waals surface area contributed by atoms with Crippen LogP contribution in [0.25, 0.3) is 0 Å². The zero-order chi connectivity index (χ0) is 8.93. The summed E-state index contributed by atoms with van der Waals surface area (Å²) in [5.41, 5.74) is 1.50. The Balaban J connectivity index is 1.90. The molecule has 0 radical (unpaired) electrons. The standard InChI is InChI=1S/C12H17N/c1-2-5-11(6-3-1)9-12-7-4-8-13-10-12/h1-3,5-6,12-13H,4,7-10H2/p+1/t12-/m1/s1. The van der Waals surface area contributed by atoms with E-state index in [0.717, 1.165) is 5.92 Å². The maximum absolute atomic E-state index is 2.46. The molecule has 1 nitrogen and oxygen atoms in total. The van der Waals surface area contributed by atoms with Crippen molar-refractivity contribution in [1.82, 2.24) is 0 Å². The van der Waals surface area contributed by atoms with Crippen LogP contribution in [0.5, 0.6) is 0 Å². The Hall–Kier alpha value is -0.820. The summed E-state index contributed by atoms with van der Waals surface area (Å²) in [5.74, 6) is 0.913. The van der Waals surface area contributed by atoms with Gasteiger partial charge >= 0.3 is 0 Å². The normalized spacial score (nSPS) is 22.9. The average molecular weight is 176 g/mol. The average Bonchev–Trinajstić information content (AvgIpc) is 2.21. The highest BCUT2D eigenvalue weighted by Crippen LogP contribution is 2.13. The van der Waals surface area contributed by atoms with Gasteiger partial charge in [0.05, 0.1) is 13.1 Å². The van der Waals surface area contributed by atoms with E-state index in [0.29, 0.717) is 0 Å². The van der Waals surface area contributed by atoms with E-state index in [1.165, 1.54) is 37.9 Å². The molecule has 13 heavy (non-hydrogen) atoms. The fraction of sp³-hybridized carbons (Fsp3) is 0.500. The fourth-order valence-electron chi connectivity index (χ4n) is 2.16. The van der Waals surface area contributed by atoms with Crippen molar-refractivity contribution in [3.63, 3.8) is 0 Å². The third kappa shape index (κ3) is 2.56. The second kappa shape index (κ2) is 4.43. The lowest BCUT2D eigenvalue weighted by atomic mass is 9.92. The maximum Gasteiger partial charge on any atom is 0.0787 e. The summed E-state index contributed by atoms with van der Waals surface area (Å²) in [6.45, 7) is 2.67. The molecule has 0 aromatic heterocycles. The molecule has 0 bridgehead atoms. The molecule has 1 saturated heterocycles. The Morgan fingerprint density at radius 2 is 2.08 bits per heavy atom. The summed E-state index contributed by atoms with van der Waals surface area (Å²) in [6, 6.07) is 10.9. The first kappa shape index (κ1) is 8.76. The lowest BCUT2D eigenvalue weighted by Gasteiger charge is -2.19. The van der Waals surface area contributed by atoms with Gasteiger partial charge in [0.15, 0.2) is 0 Å². The Kier molecular flexibility index (Phi) is 2.98. The summed E-state index contributed by atoms with van der Waals surface area (Å²) in [6.07, 6.45) is 4.10. The molecule has 0 amide bonds. The van der Waals surface area contributed by atoms with E-state index < -0.39 is 0 Å². The Morgan fingerprint density at radius 3 is 2.77 bits per heavy atom. The van der Waals surface area contributed by atoms with Crippen LogP contribution in [0.1, 0.15) is 18.4 Å². The SMILES string of the molecule is c1ccc(C[C@H]2CCC[NH2+]C2)cc1. The topological polar surface area (TPSA) is 16.6 Å². The van der Waals surface area contributed by atoms with Crippen molar-refractivity contribution in [2.45, 2.75) is 19.3 Å². The predicted molar refractivity (Wildman–Crippen MR) is 54.5 cm³/mol. The van der Waals surface area contributed by atoms with E-state index in [1.54, 1.807) is 0 Å². The van der Waals surface area contributed by atoms with E-state index in [-0.39, 0.29) is 0 Å². The van der Waals surface area contributed by atoms with Gasteiger partial charge in [0.2, 0.25) is 0 Å². The second-order valence-corrected chi connectivity index (χ2v) is 4.01. The first-order valence-electron chi connectivity index (χ1n) is 5.31. The monoisotopic (exact) mass is 176 g/mol. The summed E-state index contributed by atoms with van der Waals surface area (Å²) < 4.78 is 0. The molecule has 1 aromatic carbocycles. The van der Waals surface area contributed by atoms with Gasteiger partial charge < -0.3 is 5.32 Å². The molecule has 1 aromatic rings. The van der Waals surface area contributed by atoms with Crippen molar-refractivity contribution in [2.24, 2.45) is 5.92 Å².